The molecule has 1 aromatic rings. The smallest absolute Gasteiger partial charge is 0.304 e. The van der Waals surface area contributed by atoms with Crippen LogP contribution in [0.5, 0.6) is 0 Å². The normalized spacial score (nSPS) is 22.5. The van der Waals surface area contributed by atoms with Crippen LogP contribution in [0, 0.1) is 0 Å². The first-order valence-electron chi connectivity index (χ1n) is 6.51. The molecule has 7 heteroatoms. The van der Waals surface area contributed by atoms with Gasteiger partial charge in [-0.2, -0.15) is 0 Å². The molecule has 0 amide bonds. The molecule has 0 bridgehead atoms. The third-order valence-electron chi connectivity index (χ3n) is 3.50. The van der Waals surface area contributed by atoms with E-state index in [2.05, 4.69) is 4.98 Å². The second-order valence-corrected chi connectivity index (χ2v) is 7.24. The molecule has 1 atom stereocenters. The summed E-state index contributed by atoms with van der Waals surface area (Å²) in [5.74, 6) is -0.907. The molecule has 2 rings (SSSR count). The molecule has 0 spiro atoms. The maximum Gasteiger partial charge on any atom is 0.304 e. The van der Waals surface area contributed by atoms with E-state index in [4.69, 9.17) is 5.11 Å². The van der Waals surface area contributed by atoms with Gasteiger partial charge < -0.3 is 5.11 Å². The fraction of sp³-hybridized carbons (Fsp3) is 0.538. The van der Waals surface area contributed by atoms with Crippen LogP contribution in [-0.4, -0.2) is 60.0 Å². The minimum absolute atomic E-state index is 0.0599. The summed E-state index contributed by atoms with van der Waals surface area (Å²) in [6.45, 7) is 1.07. The van der Waals surface area contributed by atoms with Crippen LogP contribution in [0.15, 0.2) is 24.5 Å². The minimum Gasteiger partial charge on any atom is -0.481 e. The van der Waals surface area contributed by atoms with Crippen molar-refractivity contribution in [2.75, 3.05) is 24.6 Å². The number of nitrogens with zero attached hydrogens (tertiary/aromatic N) is 2. The summed E-state index contributed by atoms with van der Waals surface area (Å²) in [7, 11) is -3.11. The number of hydrogen-bond donors (Lipinski definition) is 1. The number of aromatic nitrogens is 1. The van der Waals surface area contributed by atoms with Gasteiger partial charge in [0.2, 0.25) is 0 Å². The van der Waals surface area contributed by atoms with Crippen LogP contribution in [0.4, 0.5) is 0 Å². The molecule has 2 heterocycles. The molecule has 0 saturated carbocycles. The molecule has 1 N–H and O–H groups in total. The van der Waals surface area contributed by atoms with Gasteiger partial charge in [0.25, 0.3) is 0 Å². The van der Waals surface area contributed by atoms with E-state index in [0.29, 0.717) is 13.1 Å². The lowest BCUT2D eigenvalue weighted by Crippen LogP contribution is -2.49. The zero-order chi connectivity index (χ0) is 14.6. The number of pyridine rings is 1. The number of carboxylic acid groups (broad SMARTS) is 1. The first-order valence-corrected chi connectivity index (χ1v) is 8.33. The van der Waals surface area contributed by atoms with Crippen molar-refractivity contribution in [3.63, 3.8) is 0 Å². The van der Waals surface area contributed by atoms with Gasteiger partial charge in [-0.05, 0) is 24.1 Å². The molecule has 0 aliphatic carbocycles. The summed E-state index contributed by atoms with van der Waals surface area (Å²) in [4.78, 5) is 16.8. The lowest BCUT2D eigenvalue weighted by atomic mass is 10.1. The Kier molecular flexibility index (Phi) is 4.72. The number of carbonyl (C=O) groups is 1. The Hall–Kier alpha value is -1.47. The molecular weight excluding hydrogens is 280 g/mol. The topological polar surface area (TPSA) is 87.6 Å². The van der Waals surface area contributed by atoms with Gasteiger partial charge in [-0.1, -0.05) is 0 Å². The molecule has 0 radical (unpaired) electrons. The third kappa shape index (κ3) is 4.28. The van der Waals surface area contributed by atoms with Crippen LogP contribution in [0.1, 0.15) is 12.0 Å². The van der Waals surface area contributed by atoms with Crippen molar-refractivity contribution in [1.29, 1.82) is 0 Å². The Morgan fingerprint density at radius 2 is 2.10 bits per heavy atom. The number of sulfone groups is 1. The van der Waals surface area contributed by atoms with Gasteiger partial charge in [-0.15, -0.1) is 0 Å². The fourth-order valence-corrected chi connectivity index (χ4v) is 4.02. The van der Waals surface area contributed by atoms with Crippen molar-refractivity contribution in [1.82, 2.24) is 9.88 Å². The highest BCUT2D eigenvalue weighted by Gasteiger charge is 2.32. The summed E-state index contributed by atoms with van der Waals surface area (Å²) < 4.78 is 23.3. The summed E-state index contributed by atoms with van der Waals surface area (Å²) in [6, 6.07) is 3.40. The summed E-state index contributed by atoms with van der Waals surface area (Å²) in [5, 5.41) is 8.91. The molecule has 20 heavy (non-hydrogen) atoms. The average molecular weight is 298 g/mol. The Labute approximate surface area is 118 Å². The molecule has 1 aliphatic heterocycles. The molecule has 1 fully saturated rings. The van der Waals surface area contributed by atoms with Gasteiger partial charge in [0.05, 0.1) is 17.9 Å². The van der Waals surface area contributed by atoms with Crippen molar-refractivity contribution in [3.05, 3.63) is 30.1 Å². The SMILES string of the molecule is O=C(O)CC1CS(=O)(=O)CCN1CCc1ccncc1. The summed E-state index contributed by atoms with van der Waals surface area (Å²) >= 11 is 0. The van der Waals surface area contributed by atoms with Gasteiger partial charge in [0.15, 0.2) is 9.84 Å². The first kappa shape index (κ1) is 14.9. The molecule has 1 aliphatic rings. The van der Waals surface area contributed by atoms with E-state index in [9.17, 15) is 13.2 Å². The van der Waals surface area contributed by atoms with E-state index in [0.717, 1.165) is 12.0 Å². The van der Waals surface area contributed by atoms with Crippen LogP contribution in [0.2, 0.25) is 0 Å². The zero-order valence-electron chi connectivity index (χ0n) is 11.1. The highest BCUT2D eigenvalue weighted by molar-refractivity contribution is 7.91. The molecule has 6 nitrogen and oxygen atoms in total. The van der Waals surface area contributed by atoms with E-state index in [1.54, 1.807) is 12.4 Å². The van der Waals surface area contributed by atoms with Crippen molar-refractivity contribution < 1.29 is 18.3 Å². The van der Waals surface area contributed by atoms with Crippen molar-refractivity contribution in [2.45, 2.75) is 18.9 Å². The maximum atomic E-state index is 11.6. The Bertz CT molecular complexity index is 559. The van der Waals surface area contributed by atoms with Gasteiger partial charge >= 0.3 is 5.97 Å². The lowest BCUT2D eigenvalue weighted by Gasteiger charge is -2.34. The molecule has 110 valence electrons. The van der Waals surface area contributed by atoms with Gasteiger partial charge in [0.1, 0.15) is 0 Å². The standard InChI is InChI=1S/C13H18N2O4S/c16-13(17)9-12-10-20(18,19)8-7-15(12)6-3-11-1-4-14-5-2-11/h1-2,4-5,12H,3,6-10H2,(H,16,17). The van der Waals surface area contributed by atoms with Gasteiger partial charge in [-0.3, -0.25) is 14.7 Å². The number of aliphatic carboxylic acids is 1. The van der Waals surface area contributed by atoms with Crippen molar-refractivity contribution >= 4 is 15.8 Å². The molecule has 1 unspecified atom stereocenters. The predicted octanol–water partition coefficient (Wildman–Crippen LogP) is 0.198. The van der Waals surface area contributed by atoms with Crippen LogP contribution < -0.4 is 0 Å². The van der Waals surface area contributed by atoms with Crippen LogP contribution in [-0.2, 0) is 21.1 Å². The van der Waals surface area contributed by atoms with E-state index in [1.807, 2.05) is 17.0 Å². The Morgan fingerprint density at radius 1 is 1.40 bits per heavy atom. The fourth-order valence-electron chi connectivity index (χ4n) is 2.43. The summed E-state index contributed by atoms with van der Waals surface area (Å²) in [5.41, 5.74) is 1.11. The molecule has 1 saturated heterocycles. The number of hydrogen-bond acceptors (Lipinski definition) is 5. The van der Waals surface area contributed by atoms with Gasteiger partial charge in [0, 0.05) is 31.5 Å². The first-order chi connectivity index (χ1) is 9.46. The second kappa shape index (κ2) is 6.32. The van der Waals surface area contributed by atoms with E-state index in [-0.39, 0.29) is 17.9 Å². The zero-order valence-corrected chi connectivity index (χ0v) is 11.9. The Morgan fingerprint density at radius 3 is 2.75 bits per heavy atom. The van der Waals surface area contributed by atoms with Gasteiger partial charge in [-0.25, -0.2) is 8.42 Å². The number of rotatable bonds is 5. The highest BCUT2D eigenvalue weighted by Crippen LogP contribution is 2.15. The lowest BCUT2D eigenvalue weighted by molar-refractivity contribution is -0.138. The second-order valence-electron chi connectivity index (χ2n) is 5.01. The highest BCUT2D eigenvalue weighted by atomic mass is 32.2. The number of carboxylic acids is 1. The van der Waals surface area contributed by atoms with E-state index < -0.39 is 21.8 Å². The monoisotopic (exact) mass is 298 g/mol. The molecule has 0 aromatic carbocycles. The average Bonchev–Trinajstić information content (AvgIpc) is 2.37. The Balaban J connectivity index is 1.99. The van der Waals surface area contributed by atoms with E-state index >= 15 is 0 Å². The largest absolute Gasteiger partial charge is 0.481 e. The summed E-state index contributed by atoms with van der Waals surface area (Å²) in [6.07, 6.45) is 4.06. The third-order valence-corrected chi connectivity index (χ3v) is 5.20. The van der Waals surface area contributed by atoms with Crippen molar-refractivity contribution in [3.8, 4) is 0 Å². The van der Waals surface area contributed by atoms with Crippen LogP contribution >= 0.6 is 0 Å². The van der Waals surface area contributed by atoms with E-state index in [1.165, 1.54) is 0 Å². The minimum atomic E-state index is -3.11. The quantitative estimate of drug-likeness (QED) is 0.835. The maximum absolute atomic E-state index is 11.6. The molecular formula is C13H18N2O4S. The van der Waals surface area contributed by atoms with Crippen LogP contribution in [0.3, 0.4) is 0 Å². The molecule has 1 aromatic heterocycles. The predicted molar refractivity (Wildman–Crippen MR) is 74.2 cm³/mol. The van der Waals surface area contributed by atoms with Crippen molar-refractivity contribution in [2.24, 2.45) is 0 Å². The van der Waals surface area contributed by atoms with Crippen LogP contribution in [0.25, 0.3) is 0 Å².